The van der Waals surface area contributed by atoms with Gasteiger partial charge in [0.05, 0.1) is 4.90 Å². The molecule has 2 nitrogen and oxygen atoms in total. The van der Waals surface area contributed by atoms with E-state index in [1.54, 1.807) is 36.0 Å². The molecule has 1 aromatic carbocycles. The van der Waals surface area contributed by atoms with E-state index in [0.29, 0.717) is 10.1 Å². The lowest BCUT2D eigenvalue weighted by Gasteiger charge is -1.96. The summed E-state index contributed by atoms with van der Waals surface area (Å²) in [5.41, 5.74) is 0. The van der Waals surface area contributed by atoms with Crippen molar-refractivity contribution in [3.63, 3.8) is 0 Å². The average Bonchev–Trinajstić information content (AvgIpc) is 2.97. The minimum Gasteiger partial charge on any atom is -0.219 e. The summed E-state index contributed by atoms with van der Waals surface area (Å²) in [6.07, 6.45) is 2.17. The number of benzene rings is 1. The Balaban J connectivity index is 2.17. The van der Waals surface area contributed by atoms with Gasteiger partial charge in [-0.15, -0.1) is 11.8 Å². The summed E-state index contributed by atoms with van der Waals surface area (Å²) in [5, 5.41) is 1.86. The molecule has 86 valence electrons. The summed E-state index contributed by atoms with van der Waals surface area (Å²) in [6.45, 7) is 2.11. The molecule has 0 N–H and O–H groups in total. The van der Waals surface area contributed by atoms with Gasteiger partial charge >= 0.3 is 0 Å². The van der Waals surface area contributed by atoms with Crippen molar-refractivity contribution in [3.8, 4) is 0 Å². The predicted molar refractivity (Wildman–Crippen MR) is 68.0 cm³/mol. The molecule has 1 aromatic rings. The van der Waals surface area contributed by atoms with Crippen molar-refractivity contribution in [1.82, 2.24) is 0 Å². The number of hydrogen-bond donors (Lipinski definition) is 0. The summed E-state index contributed by atoms with van der Waals surface area (Å²) in [6, 6.07) is 8.57. The summed E-state index contributed by atoms with van der Waals surface area (Å²) < 4.78 is 23.9. The van der Waals surface area contributed by atoms with Crippen LogP contribution in [0.5, 0.6) is 0 Å². The molecule has 1 fully saturated rings. The normalized spacial score (nSPS) is 22.3. The van der Waals surface area contributed by atoms with Gasteiger partial charge in [0.25, 0.3) is 0 Å². The van der Waals surface area contributed by atoms with Gasteiger partial charge in [0.1, 0.15) is 0 Å². The Morgan fingerprint density at radius 3 is 2.62 bits per heavy atom. The first kappa shape index (κ1) is 11.7. The Hall–Kier alpha value is -0.740. The van der Waals surface area contributed by atoms with E-state index in [-0.39, 0.29) is 0 Å². The van der Waals surface area contributed by atoms with E-state index in [1.165, 1.54) is 5.41 Å². The van der Waals surface area contributed by atoms with Gasteiger partial charge in [-0.1, -0.05) is 31.5 Å². The number of sulfone groups is 1. The van der Waals surface area contributed by atoms with Gasteiger partial charge in [0, 0.05) is 15.6 Å². The van der Waals surface area contributed by atoms with Gasteiger partial charge < -0.3 is 0 Å². The molecule has 1 saturated heterocycles. The third kappa shape index (κ3) is 2.68. The highest BCUT2D eigenvalue weighted by atomic mass is 32.2. The van der Waals surface area contributed by atoms with Crippen molar-refractivity contribution in [1.29, 1.82) is 0 Å². The molecule has 0 aromatic heterocycles. The second-order valence-electron chi connectivity index (χ2n) is 3.77. The van der Waals surface area contributed by atoms with Gasteiger partial charge in [0.15, 0.2) is 0 Å². The lowest BCUT2D eigenvalue weighted by Crippen LogP contribution is -1.95. The third-order valence-corrected chi connectivity index (χ3v) is 5.27. The largest absolute Gasteiger partial charge is 0.219 e. The summed E-state index contributed by atoms with van der Waals surface area (Å²) >= 11 is 1.66. The molecule has 0 amide bonds. The maximum atomic E-state index is 11.9. The van der Waals surface area contributed by atoms with Crippen LogP contribution in [0.1, 0.15) is 19.8 Å². The van der Waals surface area contributed by atoms with Crippen LogP contribution >= 0.6 is 11.8 Å². The summed E-state index contributed by atoms with van der Waals surface area (Å²) in [4.78, 5) is 1.39. The molecule has 0 spiro atoms. The zero-order valence-corrected chi connectivity index (χ0v) is 10.7. The van der Waals surface area contributed by atoms with Crippen molar-refractivity contribution in [2.75, 3.05) is 0 Å². The second kappa shape index (κ2) is 4.63. The Kier molecular flexibility index (Phi) is 3.40. The summed E-state index contributed by atoms with van der Waals surface area (Å²) in [7, 11) is -3.23. The van der Waals surface area contributed by atoms with Gasteiger partial charge in [-0.25, -0.2) is 8.42 Å². The zero-order valence-electron chi connectivity index (χ0n) is 9.09. The van der Waals surface area contributed by atoms with E-state index >= 15 is 0 Å². The molecular weight excluding hydrogens is 240 g/mol. The topological polar surface area (TPSA) is 34.1 Å². The maximum Gasteiger partial charge on any atom is 0.200 e. The first-order valence-corrected chi connectivity index (χ1v) is 7.74. The number of rotatable bonds is 4. The molecule has 0 aliphatic carbocycles. The first-order valence-electron chi connectivity index (χ1n) is 5.32. The monoisotopic (exact) mass is 254 g/mol. The van der Waals surface area contributed by atoms with E-state index in [2.05, 4.69) is 6.92 Å². The lowest BCUT2D eigenvalue weighted by atomic mass is 10.2. The fourth-order valence-electron chi connectivity index (χ4n) is 1.53. The highest BCUT2D eigenvalue weighted by molar-refractivity contribution is 8.12. The van der Waals surface area contributed by atoms with Crippen LogP contribution in [-0.4, -0.2) is 13.7 Å². The molecule has 1 heterocycles. The van der Waals surface area contributed by atoms with E-state index in [9.17, 15) is 8.42 Å². The molecule has 0 saturated carbocycles. The third-order valence-electron chi connectivity index (χ3n) is 2.43. The van der Waals surface area contributed by atoms with Crippen molar-refractivity contribution in [2.45, 2.75) is 29.9 Å². The lowest BCUT2D eigenvalue weighted by molar-refractivity contribution is 0.604. The highest BCUT2D eigenvalue weighted by Crippen LogP contribution is 2.49. The first-order chi connectivity index (χ1) is 7.63. The van der Waals surface area contributed by atoms with Crippen LogP contribution in [0.25, 0.3) is 0 Å². The van der Waals surface area contributed by atoms with Crippen LogP contribution in [0.2, 0.25) is 0 Å². The molecule has 0 bridgehead atoms. The van der Waals surface area contributed by atoms with Crippen molar-refractivity contribution in [3.05, 3.63) is 40.6 Å². The van der Waals surface area contributed by atoms with Crippen LogP contribution in [0.4, 0.5) is 0 Å². The Morgan fingerprint density at radius 2 is 2.00 bits per heavy atom. The molecule has 4 heteroatoms. The van der Waals surface area contributed by atoms with E-state index in [4.69, 9.17) is 0 Å². The Labute approximate surface area is 101 Å². The Morgan fingerprint density at radius 1 is 1.31 bits per heavy atom. The zero-order chi connectivity index (χ0) is 11.6. The Bertz CT molecular complexity index is 489. The van der Waals surface area contributed by atoms with Crippen molar-refractivity contribution < 1.29 is 8.42 Å². The van der Waals surface area contributed by atoms with Crippen molar-refractivity contribution >= 4 is 21.6 Å². The van der Waals surface area contributed by atoms with Gasteiger partial charge in [0.2, 0.25) is 9.84 Å². The van der Waals surface area contributed by atoms with E-state index in [1.807, 2.05) is 6.07 Å². The van der Waals surface area contributed by atoms with Crippen LogP contribution < -0.4 is 0 Å². The summed E-state index contributed by atoms with van der Waals surface area (Å²) in [5.74, 6) is 0. The second-order valence-corrected chi connectivity index (χ2v) is 6.85. The molecule has 1 unspecified atom stereocenters. The van der Waals surface area contributed by atoms with Crippen LogP contribution in [-0.2, 0) is 9.84 Å². The minimum atomic E-state index is -3.23. The molecular formula is C12H14O2S2. The van der Waals surface area contributed by atoms with Gasteiger partial charge in [-0.05, 0) is 18.6 Å². The molecule has 2 rings (SSSR count). The fourth-order valence-corrected chi connectivity index (χ4v) is 4.16. The smallest absolute Gasteiger partial charge is 0.200 e. The molecule has 16 heavy (non-hydrogen) atoms. The van der Waals surface area contributed by atoms with Crippen LogP contribution in [0.15, 0.2) is 45.5 Å². The van der Waals surface area contributed by atoms with Crippen molar-refractivity contribution in [2.24, 2.45) is 0 Å². The molecule has 1 aliphatic heterocycles. The van der Waals surface area contributed by atoms with Gasteiger partial charge in [-0.2, -0.15) is 0 Å². The minimum absolute atomic E-state index is 0.380. The van der Waals surface area contributed by atoms with E-state index < -0.39 is 9.84 Å². The predicted octanol–water partition coefficient (Wildman–Crippen LogP) is 3.22. The molecule has 1 atom stereocenters. The standard InChI is InChI=1S/C12H14O2S2/c1-2-6-11-12(15-11)9-16(13,14)10-7-4-3-5-8-10/h3-5,7-9,11H,2,6H2,1H3. The fraction of sp³-hybridized carbons (Fsp3) is 0.333. The quantitative estimate of drug-likeness (QED) is 0.774. The average molecular weight is 254 g/mol. The van der Waals surface area contributed by atoms with Gasteiger partial charge in [-0.3, -0.25) is 0 Å². The molecule has 0 radical (unpaired) electrons. The van der Waals surface area contributed by atoms with Crippen LogP contribution in [0, 0.1) is 0 Å². The van der Waals surface area contributed by atoms with E-state index in [0.717, 1.165) is 17.7 Å². The maximum absolute atomic E-state index is 11.9. The molecule has 1 aliphatic rings. The SMILES string of the molecule is CCCC1SC1=CS(=O)(=O)c1ccccc1. The highest BCUT2D eigenvalue weighted by Gasteiger charge is 2.32. The number of hydrogen-bond acceptors (Lipinski definition) is 3. The number of thioether (sulfide) groups is 1. The van der Waals surface area contributed by atoms with Crippen LogP contribution in [0.3, 0.4) is 0 Å².